The Bertz CT molecular complexity index is 765. The quantitative estimate of drug-likeness (QED) is 0.914. The van der Waals surface area contributed by atoms with Gasteiger partial charge in [-0.1, -0.05) is 42.5 Å². The molecule has 1 aliphatic carbocycles. The van der Waals surface area contributed by atoms with E-state index in [2.05, 4.69) is 4.72 Å². The Labute approximate surface area is 132 Å². The van der Waals surface area contributed by atoms with Crippen molar-refractivity contribution in [2.75, 3.05) is 0 Å². The summed E-state index contributed by atoms with van der Waals surface area (Å²) in [7, 11) is -3.52. The molecule has 0 unspecified atom stereocenters. The molecule has 0 amide bonds. The normalized spacial score (nSPS) is 16.5. The lowest BCUT2D eigenvalue weighted by Crippen LogP contribution is -2.30. The molecule has 0 aliphatic heterocycles. The molecule has 0 radical (unpaired) electrons. The van der Waals surface area contributed by atoms with Crippen molar-refractivity contribution in [2.24, 2.45) is 5.92 Å². The van der Waals surface area contributed by atoms with Crippen molar-refractivity contribution in [1.82, 2.24) is 4.72 Å². The van der Waals surface area contributed by atoms with Crippen LogP contribution >= 0.6 is 0 Å². The molecule has 1 atom stereocenters. The molecule has 1 aliphatic rings. The molecule has 116 valence electrons. The molecule has 0 spiro atoms. The third-order valence-corrected chi connectivity index (χ3v) is 5.75. The van der Waals surface area contributed by atoms with Crippen LogP contribution in [-0.4, -0.2) is 8.42 Å². The smallest absolute Gasteiger partial charge is 0.207 e. The Morgan fingerprint density at radius 1 is 1.05 bits per heavy atom. The van der Waals surface area contributed by atoms with E-state index in [1.54, 1.807) is 6.07 Å². The van der Waals surface area contributed by atoms with E-state index >= 15 is 0 Å². The van der Waals surface area contributed by atoms with Crippen LogP contribution in [0.3, 0.4) is 0 Å². The molecule has 1 fully saturated rings. The molecule has 3 rings (SSSR count). The fourth-order valence-electron chi connectivity index (χ4n) is 2.75. The first-order valence-electron chi connectivity index (χ1n) is 7.62. The average Bonchev–Trinajstić information content (AvgIpc) is 3.33. The maximum absolute atomic E-state index is 12.8. The lowest BCUT2D eigenvalue weighted by Gasteiger charge is -2.20. The topological polar surface area (TPSA) is 46.2 Å². The van der Waals surface area contributed by atoms with Gasteiger partial charge in [0.2, 0.25) is 10.0 Å². The summed E-state index contributed by atoms with van der Waals surface area (Å²) in [5.41, 5.74) is 2.77. The predicted octanol–water partition coefficient (Wildman–Crippen LogP) is 3.73. The Hall–Kier alpha value is -1.65. The number of hydrogen-bond acceptors (Lipinski definition) is 2. The summed E-state index contributed by atoms with van der Waals surface area (Å²) in [4.78, 5) is 0.383. The lowest BCUT2D eigenvalue weighted by molar-refractivity contribution is 0.528. The second-order valence-corrected chi connectivity index (χ2v) is 7.80. The van der Waals surface area contributed by atoms with Crippen LogP contribution in [0.25, 0.3) is 0 Å². The minimum absolute atomic E-state index is 0.133. The maximum atomic E-state index is 12.8. The molecule has 1 N–H and O–H groups in total. The van der Waals surface area contributed by atoms with Crippen LogP contribution in [0.1, 0.15) is 35.6 Å². The van der Waals surface area contributed by atoms with Crippen LogP contribution in [0.5, 0.6) is 0 Å². The zero-order chi connectivity index (χ0) is 15.7. The first-order valence-corrected chi connectivity index (χ1v) is 9.10. The molecule has 1 saturated carbocycles. The van der Waals surface area contributed by atoms with E-state index in [0.29, 0.717) is 10.8 Å². The highest BCUT2D eigenvalue weighted by Gasteiger charge is 2.35. The second kappa shape index (κ2) is 5.86. The molecular weight excluding hydrogens is 294 g/mol. The van der Waals surface area contributed by atoms with Crippen LogP contribution in [-0.2, 0) is 10.0 Å². The van der Waals surface area contributed by atoms with Crippen LogP contribution in [0.2, 0.25) is 0 Å². The van der Waals surface area contributed by atoms with Crippen molar-refractivity contribution in [3.05, 3.63) is 65.2 Å². The number of aryl methyl sites for hydroxylation is 2. The molecule has 0 bridgehead atoms. The molecular formula is C18H21NO2S. The number of rotatable bonds is 5. The van der Waals surface area contributed by atoms with Crippen LogP contribution in [0.4, 0.5) is 0 Å². The molecule has 2 aromatic rings. The van der Waals surface area contributed by atoms with Gasteiger partial charge in [-0.05, 0) is 55.4 Å². The van der Waals surface area contributed by atoms with E-state index in [-0.39, 0.29) is 6.04 Å². The SMILES string of the molecule is Cc1ccc(C)c(S(=O)(=O)N[C@@H](c2ccccc2)C2CC2)c1. The van der Waals surface area contributed by atoms with Crippen LogP contribution in [0, 0.1) is 19.8 Å². The molecule has 0 heterocycles. The summed E-state index contributed by atoms with van der Waals surface area (Å²) in [6.07, 6.45) is 2.16. The first-order chi connectivity index (χ1) is 10.5. The van der Waals surface area contributed by atoms with Gasteiger partial charge in [-0.25, -0.2) is 13.1 Å². The summed E-state index contributed by atoms with van der Waals surface area (Å²) >= 11 is 0. The number of benzene rings is 2. The summed E-state index contributed by atoms with van der Waals surface area (Å²) in [6.45, 7) is 3.75. The van der Waals surface area contributed by atoms with Crippen molar-refractivity contribution >= 4 is 10.0 Å². The minimum atomic E-state index is -3.52. The van der Waals surface area contributed by atoms with Crippen molar-refractivity contribution in [3.63, 3.8) is 0 Å². The van der Waals surface area contributed by atoms with Gasteiger partial charge < -0.3 is 0 Å². The van der Waals surface area contributed by atoms with Crippen LogP contribution in [0.15, 0.2) is 53.4 Å². The first kappa shape index (κ1) is 15.3. The standard InChI is InChI=1S/C18H21NO2S/c1-13-8-9-14(2)17(12-13)22(20,21)19-18(16-10-11-16)15-6-4-3-5-7-15/h3-9,12,16,18-19H,10-11H2,1-2H3/t18-/m0/s1. The highest BCUT2D eigenvalue weighted by Crippen LogP contribution is 2.41. The van der Waals surface area contributed by atoms with Crippen molar-refractivity contribution in [3.8, 4) is 0 Å². The Balaban J connectivity index is 1.94. The summed E-state index contributed by atoms with van der Waals surface area (Å²) in [5.74, 6) is 0.405. The fourth-order valence-corrected chi connectivity index (χ4v) is 4.38. The molecule has 0 aromatic heterocycles. The molecule has 22 heavy (non-hydrogen) atoms. The van der Waals surface area contributed by atoms with Gasteiger partial charge in [-0.2, -0.15) is 0 Å². The number of hydrogen-bond donors (Lipinski definition) is 1. The third-order valence-electron chi connectivity index (χ3n) is 4.17. The maximum Gasteiger partial charge on any atom is 0.241 e. The summed E-state index contributed by atoms with van der Waals surface area (Å²) in [6, 6.07) is 15.3. The van der Waals surface area contributed by atoms with Gasteiger partial charge in [0.25, 0.3) is 0 Å². The molecule has 0 saturated heterocycles. The fraction of sp³-hybridized carbons (Fsp3) is 0.333. The van der Waals surface area contributed by atoms with Gasteiger partial charge >= 0.3 is 0 Å². The number of sulfonamides is 1. The number of nitrogens with one attached hydrogen (secondary N) is 1. The third kappa shape index (κ3) is 3.23. The van der Waals surface area contributed by atoms with Gasteiger partial charge in [0.15, 0.2) is 0 Å². The average molecular weight is 315 g/mol. The predicted molar refractivity (Wildman–Crippen MR) is 88.1 cm³/mol. The van der Waals surface area contributed by atoms with Gasteiger partial charge in [0, 0.05) is 6.04 Å². The zero-order valence-electron chi connectivity index (χ0n) is 12.9. The van der Waals surface area contributed by atoms with E-state index < -0.39 is 10.0 Å². The van der Waals surface area contributed by atoms with Gasteiger partial charge in [-0.15, -0.1) is 0 Å². The monoisotopic (exact) mass is 315 g/mol. The van der Waals surface area contributed by atoms with E-state index in [9.17, 15) is 8.42 Å². The van der Waals surface area contributed by atoms with Crippen molar-refractivity contribution in [2.45, 2.75) is 37.6 Å². The van der Waals surface area contributed by atoms with Crippen molar-refractivity contribution in [1.29, 1.82) is 0 Å². The summed E-state index contributed by atoms with van der Waals surface area (Å²) < 4.78 is 28.5. The second-order valence-electron chi connectivity index (χ2n) is 6.12. The Morgan fingerprint density at radius 2 is 1.73 bits per heavy atom. The Kier molecular flexibility index (Phi) is 4.06. The lowest BCUT2D eigenvalue weighted by atomic mass is 10.0. The van der Waals surface area contributed by atoms with Gasteiger partial charge in [0.1, 0.15) is 0 Å². The molecule has 2 aromatic carbocycles. The van der Waals surface area contributed by atoms with Gasteiger partial charge in [0.05, 0.1) is 4.90 Å². The highest BCUT2D eigenvalue weighted by molar-refractivity contribution is 7.89. The van der Waals surface area contributed by atoms with Crippen LogP contribution < -0.4 is 4.72 Å². The van der Waals surface area contributed by atoms with Gasteiger partial charge in [-0.3, -0.25) is 0 Å². The zero-order valence-corrected chi connectivity index (χ0v) is 13.7. The van der Waals surface area contributed by atoms with E-state index in [1.165, 1.54) is 0 Å². The largest absolute Gasteiger partial charge is 0.241 e. The summed E-state index contributed by atoms with van der Waals surface area (Å²) in [5, 5.41) is 0. The Morgan fingerprint density at radius 3 is 2.36 bits per heavy atom. The van der Waals surface area contributed by atoms with Crippen molar-refractivity contribution < 1.29 is 8.42 Å². The van der Waals surface area contributed by atoms with E-state index in [1.807, 2.05) is 56.3 Å². The molecule has 4 heteroatoms. The highest BCUT2D eigenvalue weighted by atomic mass is 32.2. The minimum Gasteiger partial charge on any atom is -0.207 e. The van der Waals surface area contributed by atoms with E-state index in [4.69, 9.17) is 0 Å². The van der Waals surface area contributed by atoms with E-state index in [0.717, 1.165) is 29.5 Å². The molecule has 3 nitrogen and oxygen atoms in total.